The predicted molar refractivity (Wildman–Crippen MR) is 64.1 cm³/mol. The highest BCUT2D eigenvalue weighted by atomic mass is 32.1. The Kier molecular flexibility index (Phi) is 4.28. The van der Waals surface area contributed by atoms with Crippen molar-refractivity contribution in [2.75, 3.05) is 18.5 Å². The van der Waals surface area contributed by atoms with E-state index in [2.05, 4.69) is 4.98 Å². The number of rotatable bonds is 4. The summed E-state index contributed by atoms with van der Waals surface area (Å²) in [5, 5.41) is 0. The van der Waals surface area contributed by atoms with Gasteiger partial charge in [0.2, 0.25) is 0 Å². The lowest BCUT2D eigenvalue weighted by atomic mass is 10.2. The molecule has 0 atom stereocenters. The zero-order valence-corrected chi connectivity index (χ0v) is 9.98. The van der Waals surface area contributed by atoms with Crippen molar-refractivity contribution in [2.24, 2.45) is 5.73 Å². The molecule has 1 aromatic rings. The van der Waals surface area contributed by atoms with Crippen LogP contribution in [-0.2, 0) is 0 Å². The van der Waals surface area contributed by atoms with Crippen molar-refractivity contribution in [3.63, 3.8) is 0 Å². The summed E-state index contributed by atoms with van der Waals surface area (Å²) < 4.78 is 36.2. The Labute approximate surface area is 102 Å². The van der Waals surface area contributed by atoms with Crippen LogP contribution in [0.15, 0.2) is 18.3 Å². The van der Waals surface area contributed by atoms with Gasteiger partial charge in [-0.2, -0.15) is 13.2 Å². The molecule has 0 aliphatic carbocycles. The fraction of sp³-hybridized carbons (Fsp3) is 0.400. The molecular weight excluding hydrogens is 251 g/mol. The number of hydrogen-bond acceptors (Lipinski definition) is 3. The van der Waals surface area contributed by atoms with Crippen LogP contribution in [0, 0.1) is 0 Å². The smallest absolute Gasteiger partial charge is 0.389 e. The molecule has 3 nitrogen and oxygen atoms in total. The van der Waals surface area contributed by atoms with E-state index in [1.54, 1.807) is 12.1 Å². The topological polar surface area (TPSA) is 42.1 Å². The normalized spacial score (nSPS) is 11.3. The third-order valence-electron chi connectivity index (χ3n) is 2.15. The average molecular weight is 263 g/mol. The van der Waals surface area contributed by atoms with Gasteiger partial charge in [-0.05, 0) is 12.1 Å². The highest BCUT2D eigenvalue weighted by Crippen LogP contribution is 2.21. The number of thiocarbonyl (C=S) groups is 1. The lowest BCUT2D eigenvalue weighted by Crippen LogP contribution is -2.25. The van der Waals surface area contributed by atoms with E-state index >= 15 is 0 Å². The van der Waals surface area contributed by atoms with E-state index in [1.807, 2.05) is 0 Å². The summed E-state index contributed by atoms with van der Waals surface area (Å²) in [6.07, 6.45) is -3.59. The molecule has 1 rings (SSSR count). The summed E-state index contributed by atoms with van der Waals surface area (Å²) in [5.74, 6) is 0.416. The minimum Gasteiger partial charge on any atom is -0.389 e. The number of aromatic nitrogens is 1. The van der Waals surface area contributed by atoms with Crippen LogP contribution in [0.3, 0.4) is 0 Å². The van der Waals surface area contributed by atoms with Crippen LogP contribution < -0.4 is 10.6 Å². The van der Waals surface area contributed by atoms with Gasteiger partial charge in [-0.3, -0.25) is 0 Å². The molecule has 0 spiro atoms. The maximum absolute atomic E-state index is 12.1. The molecule has 0 bridgehead atoms. The summed E-state index contributed by atoms with van der Waals surface area (Å²) in [5.41, 5.74) is 6.02. The van der Waals surface area contributed by atoms with E-state index < -0.39 is 12.6 Å². The zero-order chi connectivity index (χ0) is 13.1. The van der Waals surface area contributed by atoms with E-state index in [4.69, 9.17) is 18.0 Å². The lowest BCUT2D eigenvalue weighted by molar-refractivity contribution is -0.132. The highest BCUT2D eigenvalue weighted by Gasteiger charge is 2.27. The summed E-state index contributed by atoms with van der Waals surface area (Å²) in [6, 6.07) is 3.18. The second-order valence-electron chi connectivity index (χ2n) is 3.55. The van der Waals surface area contributed by atoms with Gasteiger partial charge in [-0.15, -0.1) is 0 Å². The number of hydrogen-bond donors (Lipinski definition) is 1. The summed E-state index contributed by atoms with van der Waals surface area (Å²) >= 11 is 4.78. The molecule has 0 aliphatic heterocycles. The first-order valence-corrected chi connectivity index (χ1v) is 5.24. The number of nitrogens with zero attached hydrogens (tertiary/aromatic N) is 2. The van der Waals surface area contributed by atoms with Gasteiger partial charge in [0.1, 0.15) is 10.8 Å². The minimum atomic E-state index is -4.17. The highest BCUT2D eigenvalue weighted by molar-refractivity contribution is 7.80. The zero-order valence-electron chi connectivity index (χ0n) is 9.16. The Balaban J connectivity index is 2.72. The Morgan fingerprint density at radius 2 is 2.18 bits per heavy atom. The first-order valence-electron chi connectivity index (χ1n) is 4.83. The molecule has 0 aromatic carbocycles. The van der Waals surface area contributed by atoms with Crippen LogP contribution in [0.5, 0.6) is 0 Å². The van der Waals surface area contributed by atoms with Crippen molar-refractivity contribution in [1.29, 1.82) is 0 Å². The summed E-state index contributed by atoms with van der Waals surface area (Å²) in [4.78, 5) is 5.57. The maximum Gasteiger partial charge on any atom is 0.390 e. The van der Waals surface area contributed by atoms with Gasteiger partial charge >= 0.3 is 6.18 Å². The fourth-order valence-electron chi connectivity index (χ4n) is 1.19. The van der Waals surface area contributed by atoms with E-state index in [0.29, 0.717) is 11.4 Å². The molecule has 0 unspecified atom stereocenters. The van der Waals surface area contributed by atoms with Crippen molar-refractivity contribution in [3.05, 3.63) is 23.9 Å². The van der Waals surface area contributed by atoms with Crippen LogP contribution in [0.2, 0.25) is 0 Å². The van der Waals surface area contributed by atoms with E-state index in [9.17, 15) is 13.2 Å². The maximum atomic E-state index is 12.1. The van der Waals surface area contributed by atoms with Crippen molar-refractivity contribution in [1.82, 2.24) is 4.98 Å². The Bertz CT molecular complexity index is 406. The molecule has 94 valence electrons. The van der Waals surface area contributed by atoms with Gasteiger partial charge in [0.15, 0.2) is 0 Å². The first-order chi connectivity index (χ1) is 7.79. The Morgan fingerprint density at radius 1 is 1.53 bits per heavy atom. The molecule has 0 saturated carbocycles. The van der Waals surface area contributed by atoms with Gasteiger partial charge in [-0.1, -0.05) is 12.2 Å². The quantitative estimate of drug-likeness (QED) is 0.845. The third-order valence-corrected chi connectivity index (χ3v) is 2.39. The van der Waals surface area contributed by atoms with Crippen LogP contribution in [0.25, 0.3) is 0 Å². The molecule has 2 N–H and O–H groups in total. The molecule has 0 aliphatic rings. The van der Waals surface area contributed by atoms with Gasteiger partial charge in [0.05, 0.1) is 6.42 Å². The Hall–Kier alpha value is -1.37. The van der Waals surface area contributed by atoms with E-state index in [1.165, 1.54) is 18.1 Å². The van der Waals surface area contributed by atoms with Crippen molar-refractivity contribution >= 4 is 23.0 Å². The van der Waals surface area contributed by atoms with Crippen LogP contribution in [0.4, 0.5) is 19.0 Å². The van der Waals surface area contributed by atoms with Gasteiger partial charge < -0.3 is 10.6 Å². The summed E-state index contributed by atoms with van der Waals surface area (Å²) in [6.45, 7) is -0.155. The second-order valence-corrected chi connectivity index (χ2v) is 3.99. The monoisotopic (exact) mass is 263 g/mol. The first kappa shape index (κ1) is 13.7. The van der Waals surface area contributed by atoms with Gasteiger partial charge in [-0.25, -0.2) is 4.98 Å². The SMILES string of the molecule is CN(CCC(F)(F)F)c1cc(C(N)=S)ccn1. The minimum absolute atomic E-state index is 0.155. The molecule has 0 fully saturated rings. The molecule has 0 radical (unpaired) electrons. The third kappa shape index (κ3) is 4.56. The molecule has 7 heteroatoms. The van der Waals surface area contributed by atoms with Crippen LogP contribution >= 0.6 is 12.2 Å². The largest absolute Gasteiger partial charge is 0.390 e. The Morgan fingerprint density at radius 3 is 2.71 bits per heavy atom. The number of nitrogens with two attached hydrogens (primary N) is 1. The molecule has 17 heavy (non-hydrogen) atoms. The average Bonchev–Trinajstić information content (AvgIpc) is 2.25. The van der Waals surface area contributed by atoms with Crippen LogP contribution in [0.1, 0.15) is 12.0 Å². The van der Waals surface area contributed by atoms with E-state index in [0.717, 1.165) is 0 Å². The standard InChI is InChI=1S/C10H12F3N3S/c1-16(5-3-10(11,12)13)8-6-7(9(14)17)2-4-15-8/h2,4,6H,3,5H2,1H3,(H2,14,17). The molecule has 0 amide bonds. The van der Waals surface area contributed by atoms with Crippen molar-refractivity contribution < 1.29 is 13.2 Å². The molecule has 0 saturated heterocycles. The number of halogens is 3. The predicted octanol–water partition coefficient (Wildman–Crippen LogP) is 2.10. The van der Waals surface area contributed by atoms with E-state index in [-0.39, 0.29) is 11.5 Å². The van der Waals surface area contributed by atoms with Crippen molar-refractivity contribution in [3.8, 4) is 0 Å². The van der Waals surface area contributed by atoms with Gasteiger partial charge in [0, 0.05) is 25.4 Å². The summed E-state index contributed by atoms with van der Waals surface area (Å²) in [7, 11) is 1.54. The number of pyridine rings is 1. The van der Waals surface area contributed by atoms with Gasteiger partial charge in [0.25, 0.3) is 0 Å². The second kappa shape index (κ2) is 5.31. The number of anilines is 1. The van der Waals surface area contributed by atoms with Crippen LogP contribution in [-0.4, -0.2) is 29.7 Å². The molecular formula is C10H12F3N3S. The fourth-order valence-corrected chi connectivity index (χ4v) is 1.32. The lowest BCUT2D eigenvalue weighted by Gasteiger charge is -2.19. The number of alkyl halides is 3. The van der Waals surface area contributed by atoms with Crippen molar-refractivity contribution in [2.45, 2.75) is 12.6 Å². The molecule has 1 aromatic heterocycles. The molecule has 1 heterocycles.